The predicted molar refractivity (Wildman–Crippen MR) is 144 cm³/mol. The van der Waals surface area contributed by atoms with E-state index in [9.17, 15) is 4.79 Å². The van der Waals surface area contributed by atoms with Crippen LogP contribution in [0.4, 0.5) is 4.39 Å². The summed E-state index contributed by atoms with van der Waals surface area (Å²) in [5.74, 6) is -0.169. The smallest absolute Gasteiger partial charge is 0.290 e. The first-order valence-electron chi connectivity index (χ1n) is 11.8. The largest absolute Gasteiger partial charge is 0.483 e. The molecule has 1 aliphatic rings. The van der Waals surface area contributed by atoms with Crippen molar-refractivity contribution in [2.75, 3.05) is 27.2 Å². The minimum atomic E-state index is -0.704. The van der Waals surface area contributed by atoms with Crippen LogP contribution in [0.15, 0.2) is 48.1 Å². The molecule has 1 aromatic carbocycles. The predicted octanol–water partition coefficient (Wildman–Crippen LogP) is 5.63. The van der Waals surface area contributed by atoms with Crippen LogP contribution in [0.3, 0.4) is 0 Å². The van der Waals surface area contributed by atoms with Crippen LogP contribution in [-0.4, -0.2) is 66.6 Å². The van der Waals surface area contributed by atoms with Crippen molar-refractivity contribution in [3.05, 3.63) is 65.1 Å². The van der Waals surface area contributed by atoms with E-state index in [1.807, 2.05) is 13.8 Å². The molecule has 1 aromatic heterocycles. The Morgan fingerprint density at radius 3 is 2.45 bits per heavy atom. The zero-order chi connectivity index (χ0) is 28.2. The summed E-state index contributed by atoms with van der Waals surface area (Å²) in [5.41, 5.74) is 0.803. The van der Waals surface area contributed by atoms with Gasteiger partial charge in [0.2, 0.25) is 11.8 Å². The fraction of sp³-hybridized carbons (Fsp3) is 0.333. The summed E-state index contributed by atoms with van der Waals surface area (Å²) in [6.45, 7) is 8.41. The van der Waals surface area contributed by atoms with Gasteiger partial charge in [0, 0.05) is 43.4 Å². The van der Waals surface area contributed by atoms with Gasteiger partial charge in [0.1, 0.15) is 22.3 Å². The number of hydrogen-bond acceptors (Lipinski definition) is 7. The van der Waals surface area contributed by atoms with Gasteiger partial charge in [-0.15, -0.1) is 0 Å². The third kappa shape index (κ3) is 7.79. The Balaban J connectivity index is 0.00000161. The molecular formula is C27H31ClFN3O6. The number of pyridine rings is 1. The molecule has 0 spiro atoms. The van der Waals surface area contributed by atoms with Crippen molar-refractivity contribution < 1.29 is 33.3 Å². The third-order valence-electron chi connectivity index (χ3n) is 5.25. The van der Waals surface area contributed by atoms with E-state index in [2.05, 4.69) is 16.6 Å². The summed E-state index contributed by atoms with van der Waals surface area (Å²) >= 11 is 6.30. The lowest BCUT2D eigenvalue weighted by Crippen LogP contribution is -2.28. The number of carbonyl (C=O) groups excluding carboxylic acids is 1. The number of allylic oxidation sites excluding steroid dienone is 2. The number of aliphatic imine (C=N–C) groups is 1. The number of nitrogens with zero attached hydrogens (tertiary/aromatic N) is 3. The van der Waals surface area contributed by atoms with Crippen molar-refractivity contribution in [3.8, 4) is 17.4 Å². The zero-order valence-electron chi connectivity index (χ0n) is 21.7. The van der Waals surface area contributed by atoms with Crippen LogP contribution < -0.4 is 9.47 Å². The molecule has 1 fully saturated rings. The molecule has 3 rings (SSSR count). The van der Waals surface area contributed by atoms with Crippen LogP contribution in [0.1, 0.15) is 42.6 Å². The van der Waals surface area contributed by atoms with Gasteiger partial charge in [-0.2, -0.15) is 0 Å². The highest BCUT2D eigenvalue weighted by Crippen LogP contribution is 2.36. The Labute approximate surface area is 226 Å². The van der Waals surface area contributed by atoms with Crippen molar-refractivity contribution in [1.82, 2.24) is 9.88 Å². The molecule has 2 heterocycles. The van der Waals surface area contributed by atoms with Crippen LogP contribution in [0.5, 0.6) is 17.4 Å². The Bertz CT molecular complexity index is 1210. The summed E-state index contributed by atoms with van der Waals surface area (Å²) in [6, 6.07) is 4.15. The molecule has 0 unspecified atom stereocenters. The number of benzene rings is 1. The molecule has 0 atom stereocenters. The van der Waals surface area contributed by atoms with Crippen molar-refractivity contribution in [2.24, 2.45) is 4.99 Å². The number of carbonyl (C=O) groups is 2. The number of rotatable bonds is 8. The number of amides is 1. The van der Waals surface area contributed by atoms with Gasteiger partial charge < -0.3 is 24.2 Å². The van der Waals surface area contributed by atoms with Gasteiger partial charge in [-0.3, -0.25) is 14.6 Å². The molecule has 1 saturated heterocycles. The normalized spacial score (nSPS) is 13.5. The van der Waals surface area contributed by atoms with Crippen LogP contribution in [-0.2, 0) is 9.53 Å². The summed E-state index contributed by atoms with van der Waals surface area (Å²) in [7, 11) is 3.03. The monoisotopic (exact) mass is 547 g/mol. The van der Waals surface area contributed by atoms with Crippen molar-refractivity contribution >= 4 is 35.5 Å². The standard InChI is InChI=1S/C26H29ClFN3O4.CH2O2/c1-6-9-18(24(29-4)33-5)19-13-20(26(32)31-10-7-8-11-31)22(28)14-23(19)35-17-12-21(27)25(30-15-17)34-16(2)3;2-1-3/h6,9,12-16H,1,7-8,10-11H2,2-5H3;1H,(H,2,3)/b18-9-,29-24?;. The topological polar surface area (TPSA) is 111 Å². The molecule has 204 valence electrons. The Morgan fingerprint density at radius 1 is 1.26 bits per heavy atom. The molecule has 0 radical (unpaired) electrons. The van der Waals surface area contributed by atoms with Crippen molar-refractivity contribution in [3.63, 3.8) is 0 Å². The second kappa shape index (κ2) is 14.7. The van der Waals surface area contributed by atoms with Gasteiger partial charge in [0.15, 0.2) is 0 Å². The highest BCUT2D eigenvalue weighted by molar-refractivity contribution is 6.32. The van der Waals surface area contributed by atoms with E-state index in [1.165, 1.54) is 31.5 Å². The molecule has 9 nitrogen and oxygen atoms in total. The van der Waals surface area contributed by atoms with Gasteiger partial charge in [-0.25, -0.2) is 9.37 Å². The second-order valence-electron chi connectivity index (χ2n) is 8.21. The first-order valence-corrected chi connectivity index (χ1v) is 12.1. The van der Waals surface area contributed by atoms with Crippen LogP contribution in [0.2, 0.25) is 5.02 Å². The molecule has 1 amide bonds. The maximum absolute atomic E-state index is 15.2. The number of carboxylic acid groups (broad SMARTS) is 1. The molecule has 38 heavy (non-hydrogen) atoms. The number of aromatic nitrogens is 1. The average Bonchev–Trinajstić information content (AvgIpc) is 3.41. The SMILES string of the molecule is C=C/C=C(\C(=NC)OC)c1cc(C(=O)N2CCCC2)c(F)cc1Oc1cnc(OC(C)C)c(Cl)c1.O=CO. The van der Waals surface area contributed by atoms with Crippen molar-refractivity contribution in [1.29, 1.82) is 0 Å². The second-order valence-corrected chi connectivity index (χ2v) is 8.62. The fourth-order valence-electron chi connectivity index (χ4n) is 3.72. The van der Waals surface area contributed by atoms with Gasteiger partial charge in [-0.1, -0.05) is 24.3 Å². The summed E-state index contributed by atoms with van der Waals surface area (Å²) < 4.78 is 32.2. The zero-order valence-corrected chi connectivity index (χ0v) is 22.5. The average molecular weight is 548 g/mol. The lowest BCUT2D eigenvalue weighted by molar-refractivity contribution is -0.122. The van der Waals surface area contributed by atoms with E-state index in [1.54, 1.807) is 24.1 Å². The number of ether oxygens (including phenoxy) is 3. The minimum Gasteiger partial charge on any atom is -0.483 e. The van der Waals surface area contributed by atoms with E-state index in [-0.39, 0.29) is 52.3 Å². The maximum atomic E-state index is 15.2. The Hall–Kier alpha value is -3.92. The lowest BCUT2D eigenvalue weighted by Gasteiger charge is -2.20. The summed E-state index contributed by atoms with van der Waals surface area (Å²) in [6.07, 6.45) is 6.30. The first kappa shape index (κ1) is 30.3. The maximum Gasteiger partial charge on any atom is 0.290 e. The lowest BCUT2D eigenvalue weighted by atomic mass is 9.99. The highest BCUT2D eigenvalue weighted by atomic mass is 35.5. The first-order chi connectivity index (χ1) is 18.2. The molecule has 0 bridgehead atoms. The van der Waals surface area contributed by atoms with Gasteiger partial charge >= 0.3 is 0 Å². The number of hydrogen-bond donors (Lipinski definition) is 1. The molecule has 2 aromatic rings. The van der Waals surface area contributed by atoms with E-state index in [0.29, 0.717) is 24.2 Å². The van der Waals surface area contributed by atoms with Crippen LogP contribution >= 0.6 is 11.6 Å². The fourth-order valence-corrected chi connectivity index (χ4v) is 3.92. The molecule has 0 saturated carbocycles. The highest BCUT2D eigenvalue weighted by Gasteiger charge is 2.26. The molecule has 11 heteroatoms. The molecular weight excluding hydrogens is 517 g/mol. The molecule has 1 aliphatic heterocycles. The van der Waals surface area contributed by atoms with Gasteiger partial charge in [0.05, 0.1) is 25.0 Å². The van der Waals surface area contributed by atoms with Gasteiger partial charge in [0.25, 0.3) is 12.4 Å². The Kier molecular flexibility index (Phi) is 11.7. The van der Waals surface area contributed by atoms with Crippen LogP contribution in [0, 0.1) is 5.82 Å². The van der Waals surface area contributed by atoms with Crippen molar-refractivity contribution in [2.45, 2.75) is 32.8 Å². The Morgan fingerprint density at radius 2 is 1.92 bits per heavy atom. The number of likely N-dealkylation sites (tertiary alicyclic amines) is 1. The summed E-state index contributed by atoms with van der Waals surface area (Å²) in [4.78, 5) is 31.4. The van der Waals surface area contributed by atoms with E-state index in [0.717, 1.165) is 12.8 Å². The van der Waals surface area contributed by atoms with E-state index in [4.69, 9.17) is 35.7 Å². The van der Waals surface area contributed by atoms with E-state index < -0.39 is 5.82 Å². The number of methoxy groups -OCH3 is 1. The van der Waals surface area contributed by atoms with E-state index >= 15 is 4.39 Å². The van der Waals surface area contributed by atoms with Gasteiger partial charge in [-0.05, 0) is 38.8 Å². The molecule has 1 N–H and O–H groups in total. The summed E-state index contributed by atoms with van der Waals surface area (Å²) in [5, 5.41) is 7.13. The third-order valence-corrected chi connectivity index (χ3v) is 5.52. The number of halogens is 2. The quantitative estimate of drug-likeness (QED) is 0.197. The van der Waals surface area contributed by atoms with Crippen LogP contribution in [0.25, 0.3) is 5.57 Å². The molecule has 0 aliphatic carbocycles. The minimum absolute atomic E-state index is 0.0624.